The lowest BCUT2D eigenvalue weighted by Crippen LogP contribution is -2.41. The van der Waals surface area contributed by atoms with E-state index in [0.717, 1.165) is 53.0 Å². The van der Waals surface area contributed by atoms with Gasteiger partial charge in [-0.25, -0.2) is 4.98 Å². The fraction of sp³-hybridized carbons (Fsp3) is 0.333. The molecular weight excluding hydrogens is 520 g/mol. The fourth-order valence-electron chi connectivity index (χ4n) is 5.38. The van der Waals surface area contributed by atoms with Gasteiger partial charge in [-0.2, -0.15) is 4.98 Å². The molecule has 11 heteroatoms. The second kappa shape index (κ2) is 11.4. The van der Waals surface area contributed by atoms with E-state index in [1.807, 2.05) is 31.3 Å². The number of piperidine rings is 1. The monoisotopic (exact) mass is 552 g/mol. The van der Waals surface area contributed by atoms with Crippen molar-refractivity contribution in [3.63, 3.8) is 0 Å². The van der Waals surface area contributed by atoms with Gasteiger partial charge in [-0.05, 0) is 80.8 Å². The van der Waals surface area contributed by atoms with Crippen LogP contribution in [0.5, 0.6) is 0 Å². The van der Waals surface area contributed by atoms with Crippen molar-refractivity contribution in [1.29, 1.82) is 0 Å². The number of pyridine rings is 1. The van der Waals surface area contributed by atoms with Gasteiger partial charge in [-0.3, -0.25) is 14.6 Å². The minimum absolute atomic E-state index is 0.0643. The van der Waals surface area contributed by atoms with Crippen molar-refractivity contribution in [2.45, 2.75) is 46.0 Å². The molecule has 0 unspecified atom stereocenters. The zero-order valence-corrected chi connectivity index (χ0v) is 23.1. The molecular formula is C30H32N8O3. The summed E-state index contributed by atoms with van der Waals surface area (Å²) in [6.07, 6.45) is 8.90. The number of hydrogen-bond donors (Lipinski definition) is 3. The third-order valence-electron chi connectivity index (χ3n) is 7.48. The number of carbonyl (C=O) groups is 2. The first-order valence-corrected chi connectivity index (χ1v) is 13.9. The molecule has 5 heterocycles. The van der Waals surface area contributed by atoms with E-state index in [9.17, 15) is 9.59 Å². The number of nitrogens with zero attached hydrogens (tertiary/aromatic N) is 5. The molecule has 41 heavy (non-hydrogen) atoms. The first kappa shape index (κ1) is 26.4. The van der Waals surface area contributed by atoms with Gasteiger partial charge in [0.15, 0.2) is 5.69 Å². The van der Waals surface area contributed by atoms with Crippen LogP contribution in [0.25, 0.3) is 0 Å². The topological polar surface area (TPSA) is 138 Å². The van der Waals surface area contributed by atoms with Gasteiger partial charge in [0.05, 0.1) is 11.9 Å². The Labute approximate surface area is 237 Å². The number of likely N-dealkylation sites (tertiary alicyclic amines) is 1. The molecule has 1 aromatic carbocycles. The molecule has 2 aliphatic heterocycles. The number of aromatic nitrogens is 4. The highest BCUT2D eigenvalue weighted by Gasteiger charge is 2.28. The molecule has 210 valence electrons. The van der Waals surface area contributed by atoms with Gasteiger partial charge >= 0.3 is 0 Å². The lowest BCUT2D eigenvalue weighted by atomic mass is 9.94. The molecule has 2 amide bonds. The van der Waals surface area contributed by atoms with Gasteiger partial charge in [0.1, 0.15) is 11.6 Å². The first-order chi connectivity index (χ1) is 19.9. The van der Waals surface area contributed by atoms with Gasteiger partial charge in [0.2, 0.25) is 11.9 Å². The summed E-state index contributed by atoms with van der Waals surface area (Å²) in [5.74, 6) is 1.64. The third kappa shape index (κ3) is 6.19. The average molecular weight is 553 g/mol. The lowest BCUT2D eigenvalue weighted by molar-refractivity contribution is -0.117. The van der Waals surface area contributed by atoms with Crippen LogP contribution >= 0.6 is 0 Å². The van der Waals surface area contributed by atoms with E-state index in [1.54, 1.807) is 30.3 Å². The molecule has 11 nitrogen and oxygen atoms in total. The highest BCUT2D eigenvalue weighted by molar-refractivity contribution is 5.93. The molecule has 3 aromatic heterocycles. The number of amides is 2. The molecule has 0 spiro atoms. The Hall–Kier alpha value is -4.80. The molecule has 6 rings (SSSR count). The molecule has 1 saturated heterocycles. The Morgan fingerprint density at radius 1 is 1.07 bits per heavy atom. The quantitative estimate of drug-likeness (QED) is 0.321. The van der Waals surface area contributed by atoms with E-state index >= 15 is 0 Å². The number of aryl methyl sites for hydroxylation is 4. The summed E-state index contributed by atoms with van der Waals surface area (Å²) in [5, 5.41) is 13.7. The number of hydrogen-bond acceptors (Lipinski definition) is 9. The minimum atomic E-state index is -0.152. The summed E-state index contributed by atoms with van der Waals surface area (Å²) in [7, 11) is 0. The smallest absolute Gasteiger partial charge is 0.276 e. The van der Waals surface area contributed by atoms with E-state index in [1.165, 1.54) is 0 Å². The van der Waals surface area contributed by atoms with Gasteiger partial charge in [0.25, 0.3) is 5.91 Å². The maximum atomic E-state index is 13.2. The van der Waals surface area contributed by atoms with Crippen LogP contribution in [0.15, 0.2) is 53.4 Å². The first-order valence-electron chi connectivity index (χ1n) is 13.9. The SMILES string of the molecule is Cc1cc(C(=O)N2CCC[C@H](CC(=O)Nc3ccc4cc3CCc3cncc(c3)Nc3ncc(C)c(n3)N4)C2)no1. The number of rotatable bonds is 4. The molecule has 6 bridgehead atoms. The van der Waals surface area contributed by atoms with Crippen molar-refractivity contribution >= 4 is 40.6 Å². The van der Waals surface area contributed by atoms with Crippen LogP contribution in [0, 0.1) is 19.8 Å². The van der Waals surface area contributed by atoms with E-state index in [0.29, 0.717) is 49.2 Å². The van der Waals surface area contributed by atoms with Crippen molar-refractivity contribution in [2.75, 3.05) is 29.0 Å². The van der Waals surface area contributed by atoms with Crippen LogP contribution in [-0.2, 0) is 17.6 Å². The maximum absolute atomic E-state index is 13.2. The van der Waals surface area contributed by atoms with E-state index in [2.05, 4.69) is 42.1 Å². The number of nitrogens with one attached hydrogen (secondary N) is 3. The Bertz CT molecular complexity index is 1600. The predicted molar refractivity (Wildman–Crippen MR) is 155 cm³/mol. The third-order valence-corrected chi connectivity index (χ3v) is 7.48. The Morgan fingerprint density at radius 3 is 2.83 bits per heavy atom. The largest absolute Gasteiger partial charge is 0.361 e. The van der Waals surface area contributed by atoms with Crippen LogP contribution < -0.4 is 16.0 Å². The standard InChI is InChI=1S/C30H32N8O3/c1-18-14-32-30-34-24-11-20(15-31-16-24)5-6-22-13-23(33-28(18)36-30)7-8-25(22)35-27(39)12-21-4-3-9-38(17-21)29(40)26-10-19(2)41-37-26/h7-8,10-11,13-16,21H,3-6,9,12,17H2,1-2H3,(H,35,39)(H2,32,33,34,36)/t21-/m1/s1. The summed E-state index contributed by atoms with van der Waals surface area (Å²) in [5.41, 5.74) is 5.76. The Balaban J connectivity index is 1.18. The van der Waals surface area contributed by atoms with Crippen molar-refractivity contribution in [3.8, 4) is 0 Å². The molecule has 3 N–H and O–H groups in total. The Kier molecular flexibility index (Phi) is 7.32. The van der Waals surface area contributed by atoms with Crippen molar-refractivity contribution in [3.05, 3.63) is 77.1 Å². The van der Waals surface area contributed by atoms with Crippen LogP contribution in [0.1, 0.15) is 52.2 Å². The summed E-state index contributed by atoms with van der Waals surface area (Å²) >= 11 is 0. The van der Waals surface area contributed by atoms with E-state index in [4.69, 9.17) is 4.52 Å². The van der Waals surface area contributed by atoms with Crippen LogP contribution in [0.4, 0.5) is 28.8 Å². The van der Waals surface area contributed by atoms with Crippen LogP contribution in [0.2, 0.25) is 0 Å². The van der Waals surface area contributed by atoms with Crippen molar-refractivity contribution in [1.82, 2.24) is 25.0 Å². The molecule has 0 aliphatic carbocycles. The van der Waals surface area contributed by atoms with Crippen molar-refractivity contribution < 1.29 is 14.1 Å². The molecule has 1 atom stereocenters. The summed E-state index contributed by atoms with van der Waals surface area (Å²) < 4.78 is 5.07. The average Bonchev–Trinajstić information content (AvgIpc) is 3.40. The zero-order valence-electron chi connectivity index (χ0n) is 23.1. The fourth-order valence-corrected chi connectivity index (χ4v) is 5.38. The second-order valence-corrected chi connectivity index (χ2v) is 10.8. The zero-order chi connectivity index (χ0) is 28.3. The summed E-state index contributed by atoms with van der Waals surface area (Å²) in [4.78, 5) is 41.3. The highest BCUT2D eigenvalue weighted by Crippen LogP contribution is 2.28. The number of fused-ring (bicyclic) bond motifs is 6. The van der Waals surface area contributed by atoms with Gasteiger partial charge in [0, 0.05) is 54.9 Å². The van der Waals surface area contributed by atoms with Crippen LogP contribution in [-0.4, -0.2) is 49.9 Å². The molecule has 1 fully saturated rings. The van der Waals surface area contributed by atoms with E-state index in [-0.39, 0.29) is 17.7 Å². The normalized spacial score (nSPS) is 16.3. The second-order valence-electron chi connectivity index (χ2n) is 10.8. The molecule has 0 saturated carbocycles. The van der Waals surface area contributed by atoms with Gasteiger partial charge in [-0.1, -0.05) is 5.16 Å². The van der Waals surface area contributed by atoms with Crippen molar-refractivity contribution in [2.24, 2.45) is 5.92 Å². The van der Waals surface area contributed by atoms with Gasteiger partial charge < -0.3 is 25.4 Å². The highest BCUT2D eigenvalue weighted by atomic mass is 16.5. The summed E-state index contributed by atoms with van der Waals surface area (Å²) in [6.45, 7) is 4.89. The lowest BCUT2D eigenvalue weighted by Gasteiger charge is -2.32. The number of carbonyl (C=O) groups excluding carboxylic acids is 2. The van der Waals surface area contributed by atoms with Crippen LogP contribution in [0.3, 0.4) is 0 Å². The Morgan fingerprint density at radius 2 is 1.98 bits per heavy atom. The van der Waals surface area contributed by atoms with Gasteiger partial charge in [-0.15, -0.1) is 0 Å². The summed E-state index contributed by atoms with van der Waals surface area (Å²) in [6, 6.07) is 9.62. The molecule has 2 aliphatic rings. The molecule has 4 aromatic rings. The maximum Gasteiger partial charge on any atom is 0.276 e. The minimum Gasteiger partial charge on any atom is -0.361 e. The molecule has 0 radical (unpaired) electrons. The number of benzene rings is 1. The van der Waals surface area contributed by atoms with E-state index < -0.39 is 0 Å². The number of anilines is 5. The predicted octanol–water partition coefficient (Wildman–Crippen LogP) is 4.94.